The van der Waals surface area contributed by atoms with Crippen LogP contribution in [0.1, 0.15) is 96.8 Å². The summed E-state index contributed by atoms with van der Waals surface area (Å²) < 4.78 is 4.40. The molecule has 0 aliphatic rings. The second kappa shape index (κ2) is 19.6. The molecular formula is C27H44Cl2N2. The van der Waals surface area contributed by atoms with Crippen molar-refractivity contribution in [2.45, 2.75) is 103 Å². The second-order valence-electron chi connectivity index (χ2n) is 8.67. The Morgan fingerprint density at radius 2 is 0.871 bits per heavy atom. The van der Waals surface area contributed by atoms with Gasteiger partial charge in [-0.1, -0.05) is 84.0 Å². The molecule has 176 valence electrons. The minimum Gasteiger partial charge on any atom is -1.00 e. The molecule has 0 radical (unpaired) electrons. The molecule has 0 bridgehead atoms. The Hall–Kier alpha value is -1.12. The first kappa shape index (κ1) is 29.9. The van der Waals surface area contributed by atoms with E-state index in [1.54, 1.807) is 0 Å². The first-order valence-electron chi connectivity index (χ1n) is 12.2. The van der Waals surface area contributed by atoms with E-state index in [1.807, 2.05) is 0 Å². The van der Waals surface area contributed by atoms with Gasteiger partial charge in [-0.3, -0.25) is 0 Å². The van der Waals surface area contributed by atoms with Crippen molar-refractivity contribution >= 4 is 0 Å². The van der Waals surface area contributed by atoms with E-state index in [9.17, 15) is 0 Å². The molecule has 0 N–H and O–H groups in total. The van der Waals surface area contributed by atoms with E-state index in [0.29, 0.717) is 0 Å². The lowest BCUT2D eigenvalue weighted by Crippen LogP contribution is -3.00. The summed E-state index contributed by atoms with van der Waals surface area (Å²) >= 11 is 0. The summed E-state index contributed by atoms with van der Waals surface area (Å²) in [7, 11) is 2.05. The van der Waals surface area contributed by atoms with Gasteiger partial charge in [-0.25, -0.2) is 9.13 Å². The number of pyridine rings is 2. The van der Waals surface area contributed by atoms with Crippen LogP contribution in [-0.4, -0.2) is 0 Å². The van der Waals surface area contributed by atoms with Crippen LogP contribution < -0.4 is 33.9 Å². The number of nitrogens with zero attached hydrogens (tertiary/aromatic N) is 2. The minimum atomic E-state index is 0. The number of hydrogen-bond donors (Lipinski definition) is 0. The first-order chi connectivity index (χ1) is 14.3. The van der Waals surface area contributed by atoms with Gasteiger partial charge in [-0.15, -0.1) is 0 Å². The van der Waals surface area contributed by atoms with Gasteiger partial charge >= 0.3 is 0 Å². The van der Waals surface area contributed by atoms with Crippen molar-refractivity contribution in [2.75, 3.05) is 0 Å². The Morgan fingerprint density at radius 3 is 1.29 bits per heavy atom. The van der Waals surface area contributed by atoms with Gasteiger partial charge in [0, 0.05) is 30.7 Å². The topological polar surface area (TPSA) is 7.76 Å². The molecule has 31 heavy (non-hydrogen) atoms. The highest BCUT2D eigenvalue weighted by Crippen LogP contribution is 2.16. The summed E-state index contributed by atoms with van der Waals surface area (Å²) in [6.45, 7) is 3.43. The Balaban J connectivity index is 0.00000450. The lowest BCUT2D eigenvalue weighted by Gasteiger charge is -2.03. The van der Waals surface area contributed by atoms with Gasteiger partial charge in [-0.05, 0) is 17.5 Å². The number of rotatable bonds is 16. The third-order valence-electron chi connectivity index (χ3n) is 5.97. The summed E-state index contributed by atoms with van der Waals surface area (Å²) in [5, 5.41) is 0. The molecule has 0 aromatic carbocycles. The predicted octanol–water partition coefficient (Wildman–Crippen LogP) is 0.955. The van der Waals surface area contributed by atoms with E-state index in [2.05, 4.69) is 72.2 Å². The maximum Gasteiger partial charge on any atom is 0.169 e. The van der Waals surface area contributed by atoms with Gasteiger partial charge in [0.15, 0.2) is 24.8 Å². The largest absolute Gasteiger partial charge is 1.00 e. The monoisotopic (exact) mass is 466 g/mol. The fourth-order valence-electron chi connectivity index (χ4n) is 3.98. The van der Waals surface area contributed by atoms with Crippen LogP contribution >= 0.6 is 0 Å². The molecule has 0 spiro atoms. The number of halogens is 2. The van der Waals surface area contributed by atoms with Gasteiger partial charge in [-0.2, -0.15) is 0 Å². The van der Waals surface area contributed by atoms with Crippen molar-refractivity contribution in [3.05, 3.63) is 49.1 Å². The third-order valence-corrected chi connectivity index (χ3v) is 5.97. The van der Waals surface area contributed by atoms with Crippen molar-refractivity contribution in [1.29, 1.82) is 0 Å². The van der Waals surface area contributed by atoms with Crippen LogP contribution in [0.15, 0.2) is 49.1 Å². The predicted molar refractivity (Wildman–Crippen MR) is 124 cm³/mol. The summed E-state index contributed by atoms with van der Waals surface area (Å²) in [4.78, 5) is 0. The molecule has 2 aromatic heterocycles. The van der Waals surface area contributed by atoms with Crippen molar-refractivity contribution in [3.8, 4) is 11.1 Å². The molecule has 0 saturated heterocycles. The van der Waals surface area contributed by atoms with Crippen LogP contribution in [0.2, 0.25) is 0 Å². The highest BCUT2D eigenvalue weighted by atomic mass is 35.5. The Labute approximate surface area is 204 Å². The number of aromatic nitrogens is 2. The SMILES string of the molecule is CCCCCCCCCCCCCCCC[n+]1ccc(-c2cc[n+](C)cc2)cc1.[Cl-].[Cl-]. The fourth-order valence-corrected chi connectivity index (χ4v) is 3.98. The quantitative estimate of drug-likeness (QED) is 0.257. The van der Waals surface area contributed by atoms with E-state index in [-0.39, 0.29) is 24.8 Å². The zero-order valence-corrected chi connectivity index (χ0v) is 21.4. The van der Waals surface area contributed by atoms with Crippen LogP contribution in [0.4, 0.5) is 0 Å². The van der Waals surface area contributed by atoms with E-state index < -0.39 is 0 Å². The Kier molecular flexibility index (Phi) is 18.9. The highest BCUT2D eigenvalue weighted by Gasteiger charge is 2.04. The second-order valence-corrected chi connectivity index (χ2v) is 8.67. The van der Waals surface area contributed by atoms with Crippen molar-refractivity contribution < 1.29 is 33.9 Å². The van der Waals surface area contributed by atoms with Gasteiger partial charge in [0.2, 0.25) is 0 Å². The first-order valence-corrected chi connectivity index (χ1v) is 12.2. The molecule has 2 rings (SSSR count). The zero-order valence-electron chi connectivity index (χ0n) is 19.9. The molecule has 0 fully saturated rings. The van der Waals surface area contributed by atoms with Crippen molar-refractivity contribution in [1.82, 2.24) is 0 Å². The van der Waals surface area contributed by atoms with Crippen LogP contribution in [0.25, 0.3) is 11.1 Å². The highest BCUT2D eigenvalue weighted by molar-refractivity contribution is 5.60. The molecule has 0 aliphatic heterocycles. The fraction of sp³-hybridized carbons (Fsp3) is 0.630. The summed E-state index contributed by atoms with van der Waals surface area (Å²) in [6, 6.07) is 8.82. The molecule has 0 unspecified atom stereocenters. The minimum absolute atomic E-state index is 0. The van der Waals surface area contributed by atoms with E-state index in [0.717, 1.165) is 6.54 Å². The van der Waals surface area contributed by atoms with Crippen molar-refractivity contribution in [3.63, 3.8) is 0 Å². The average Bonchev–Trinajstić information content (AvgIpc) is 2.75. The molecule has 0 amide bonds. The van der Waals surface area contributed by atoms with Crippen LogP contribution in [0, 0.1) is 0 Å². The number of aryl methyl sites for hydroxylation is 2. The standard InChI is InChI=1S/C27H44N2.2ClH/c1-3-4-5-6-7-8-9-10-11-12-13-14-15-16-21-29-24-19-27(20-25-29)26-17-22-28(2)23-18-26;;/h17-20,22-25H,3-16,21H2,1-2H3;2*1H/q+2;;/p-2. The average molecular weight is 468 g/mol. The van der Waals surface area contributed by atoms with Crippen LogP contribution in [-0.2, 0) is 13.6 Å². The van der Waals surface area contributed by atoms with Crippen LogP contribution in [0.3, 0.4) is 0 Å². The smallest absolute Gasteiger partial charge is 0.169 e. The van der Waals surface area contributed by atoms with Gasteiger partial charge in [0.25, 0.3) is 0 Å². The number of unbranched alkanes of at least 4 members (excludes halogenated alkanes) is 13. The maximum absolute atomic E-state index is 2.33. The van der Waals surface area contributed by atoms with Crippen LogP contribution in [0.5, 0.6) is 0 Å². The van der Waals surface area contributed by atoms with Gasteiger partial charge < -0.3 is 24.8 Å². The van der Waals surface area contributed by atoms with E-state index >= 15 is 0 Å². The van der Waals surface area contributed by atoms with Crippen molar-refractivity contribution in [2.24, 2.45) is 7.05 Å². The molecule has 0 aliphatic carbocycles. The summed E-state index contributed by atoms with van der Waals surface area (Å²) in [5.41, 5.74) is 2.58. The van der Waals surface area contributed by atoms with Gasteiger partial charge in [0.05, 0.1) is 0 Å². The molecule has 2 aromatic rings. The normalized spacial score (nSPS) is 10.4. The lowest BCUT2D eigenvalue weighted by molar-refractivity contribution is -0.697. The van der Waals surface area contributed by atoms with E-state index in [1.165, 1.54) is 101 Å². The number of hydrogen-bond acceptors (Lipinski definition) is 0. The van der Waals surface area contributed by atoms with Gasteiger partial charge in [0.1, 0.15) is 13.6 Å². The zero-order chi connectivity index (χ0) is 20.6. The molecular weight excluding hydrogens is 423 g/mol. The molecule has 2 heterocycles. The molecule has 2 nitrogen and oxygen atoms in total. The summed E-state index contributed by atoms with van der Waals surface area (Å²) in [5.74, 6) is 0. The summed E-state index contributed by atoms with van der Waals surface area (Å²) in [6.07, 6.45) is 28.5. The third kappa shape index (κ3) is 13.8. The Bertz CT molecular complexity index is 641. The molecule has 0 saturated carbocycles. The maximum atomic E-state index is 2.33. The molecule has 4 heteroatoms. The Morgan fingerprint density at radius 1 is 0.516 bits per heavy atom. The molecule has 0 atom stereocenters. The van der Waals surface area contributed by atoms with E-state index in [4.69, 9.17) is 0 Å². The lowest BCUT2D eigenvalue weighted by atomic mass is 10.0.